The molecule has 2 amide bonds. The summed E-state index contributed by atoms with van der Waals surface area (Å²) in [5.41, 5.74) is -0.992. The molecule has 3 N–H and O–H groups in total. The summed E-state index contributed by atoms with van der Waals surface area (Å²) in [6.07, 6.45) is 14.9. The lowest BCUT2D eigenvalue weighted by molar-refractivity contribution is -0.304. The van der Waals surface area contributed by atoms with E-state index in [1.807, 2.05) is 27.7 Å². The van der Waals surface area contributed by atoms with Crippen LogP contribution in [0.25, 0.3) is 0 Å². The van der Waals surface area contributed by atoms with Crippen LogP contribution in [0.15, 0.2) is 12.2 Å². The van der Waals surface area contributed by atoms with Crippen molar-refractivity contribution in [3.8, 4) is 0 Å². The third-order valence-corrected chi connectivity index (χ3v) is 7.46. The second kappa shape index (κ2) is 17.0. The van der Waals surface area contributed by atoms with Gasteiger partial charge in [-0.15, -0.1) is 0 Å². The zero-order chi connectivity index (χ0) is 29.5. The molecule has 0 bridgehead atoms. The van der Waals surface area contributed by atoms with Gasteiger partial charge in [-0.1, -0.05) is 72.5 Å². The van der Waals surface area contributed by atoms with Gasteiger partial charge in [0.2, 0.25) is 11.8 Å². The van der Waals surface area contributed by atoms with Crippen molar-refractivity contribution in [2.45, 2.75) is 131 Å². The number of rotatable bonds is 19. The molecular formula is C31H56N2O6. The molecule has 1 aliphatic rings. The van der Waals surface area contributed by atoms with Gasteiger partial charge in [0, 0.05) is 23.9 Å². The molecule has 0 radical (unpaired) electrons. The molecule has 1 fully saturated rings. The number of amides is 2. The molecule has 1 saturated heterocycles. The van der Waals surface area contributed by atoms with Gasteiger partial charge in [0.15, 0.2) is 5.79 Å². The summed E-state index contributed by atoms with van der Waals surface area (Å²) in [6.45, 7) is 14.2. The number of aliphatic carboxylic acids is 1. The summed E-state index contributed by atoms with van der Waals surface area (Å²) in [6, 6.07) is 0. The quantitative estimate of drug-likeness (QED) is 0.134. The molecule has 2 atom stereocenters. The summed E-state index contributed by atoms with van der Waals surface area (Å²) >= 11 is 0. The number of hydrogen-bond acceptors (Lipinski definition) is 5. The van der Waals surface area contributed by atoms with Crippen LogP contribution in [0.4, 0.5) is 0 Å². The van der Waals surface area contributed by atoms with Crippen LogP contribution < -0.4 is 10.6 Å². The van der Waals surface area contributed by atoms with Gasteiger partial charge in [-0.05, 0) is 58.8 Å². The number of carbonyl (C=O) groups is 3. The molecule has 0 aromatic rings. The monoisotopic (exact) mass is 552 g/mol. The highest BCUT2D eigenvalue weighted by atomic mass is 16.7. The van der Waals surface area contributed by atoms with Crippen LogP contribution in [-0.2, 0) is 23.9 Å². The molecule has 226 valence electrons. The fraction of sp³-hybridized carbons (Fsp3) is 0.839. The molecule has 1 heterocycles. The minimum atomic E-state index is -0.968. The minimum Gasteiger partial charge on any atom is -0.481 e. The van der Waals surface area contributed by atoms with E-state index in [9.17, 15) is 19.5 Å². The van der Waals surface area contributed by atoms with Gasteiger partial charge in [0.25, 0.3) is 0 Å². The number of carbonyl (C=O) groups excluding carboxylic acids is 2. The zero-order valence-electron chi connectivity index (χ0n) is 25.7. The highest BCUT2D eigenvalue weighted by Crippen LogP contribution is 2.35. The number of hydrogen-bond donors (Lipinski definition) is 3. The predicted octanol–water partition coefficient (Wildman–Crippen LogP) is 5.99. The average molecular weight is 553 g/mol. The van der Waals surface area contributed by atoms with Gasteiger partial charge in [-0.3, -0.25) is 14.4 Å². The summed E-state index contributed by atoms with van der Waals surface area (Å²) in [5.74, 6) is -2.92. The van der Waals surface area contributed by atoms with Gasteiger partial charge >= 0.3 is 5.97 Å². The second-order valence-corrected chi connectivity index (χ2v) is 12.8. The first-order chi connectivity index (χ1) is 18.2. The molecule has 0 aromatic heterocycles. The van der Waals surface area contributed by atoms with Gasteiger partial charge < -0.3 is 25.2 Å². The Kier molecular flexibility index (Phi) is 15.3. The van der Waals surface area contributed by atoms with Crippen LogP contribution in [-0.4, -0.2) is 54.5 Å². The number of ether oxygens (including phenoxy) is 2. The lowest BCUT2D eigenvalue weighted by atomic mass is 9.85. The van der Waals surface area contributed by atoms with Crippen LogP contribution in [0.2, 0.25) is 0 Å². The average Bonchev–Trinajstić information content (AvgIpc) is 2.85. The van der Waals surface area contributed by atoms with Gasteiger partial charge in [-0.2, -0.15) is 0 Å². The first kappa shape index (κ1) is 35.1. The van der Waals surface area contributed by atoms with Crippen molar-refractivity contribution in [1.29, 1.82) is 0 Å². The van der Waals surface area contributed by atoms with E-state index >= 15 is 0 Å². The maximum Gasteiger partial charge on any atom is 0.308 e. The van der Waals surface area contributed by atoms with Crippen LogP contribution in [0.1, 0.15) is 119 Å². The van der Waals surface area contributed by atoms with Crippen molar-refractivity contribution in [3.05, 3.63) is 12.2 Å². The third-order valence-electron chi connectivity index (χ3n) is 7.46. The van der Waals surface area contributed by atoms with Crippen molar-refractivity contribution < 1.29 is 29.0 Å². The van der Waals surface area contributed by atoms with Crippen molar-refractivity contribution in [3.63, 3.8) is 0 Å². The summed E-state index contributed by atoms with van der Waals surface area (Å²) in [5, 5.41) is 15.4. The number of carboxylic acid groups (broad SMARTS) is 1. The van der Waals surface area contributed by atoms with Crippen LogP contribution in [0.3, 0.4) is 0 Å². The molecule has 2 unspecified atom stereocenters. The lowest BCUT2D eigenvalue weighted by Crippen LogP contribution is -2.57. The van der Waals surface area contributed by atoms with Gasteiger partial charge in [0.05, 0.1) is 12.5 Å². The Labute approximate surface area is 237 Å². The lowest BCUT2D eigenvalue weighted by Gasteiger charge is -2.44. The first-order valence-electron chi connectivity index (χ1n) is 15.0. The van der Waals surface area contributed by atoms with Crippen LogP contribution in [0, 0.1) is 16.7 Å². The van der Waals surface area contributed by atoms with Crippen molar-refractivity contribution in [2.24, 2.45) is 16.7 Å². The van der Waals surface area contributed by atoms with Crippen LogP contribution in [0.5, 0.6) is 0 Å². The van der Waals surface area contributed by atoms with E-state index in [-0.39, 0.29) is 18.4 Å². The number of carboxylic acids is 1. The highest BCUT2D eigenvalue weighted by Gasteiger charge is 2.45. The van der Waals surface area contributed by atoms with E-state index < -0.39 is 34.6 Å². The topological polar surface area (TPSA) is 114 Å². The van der Waals surface area contributed by atoms with Crippen LogP contribution >= 0.6 is 0 Å². The number of nitrogens with one attached hydrogen (secondary N) is 2. The smallest absolute Gasteiger partial charge is 0.308 e. The van der Waals surface area contributed by atoms with Crippen molar-refractivity contribution in [2.75, 3.05) is 19.7 Å². The fourth-order valence-electron chi connectivity index (χ4n) is 4.61. The van der Waals surface area contributed by atoms with E-state index in [2.05, 4.69) is 29.7 Å². The molecule has 8 nitrogen and oxygen atoms in total. The molecule has 0 saturated carbocycles. The van der Waals surface area contributed by atoms with E-state index in [0.29, 0.717) is 26.0 Å². The molecule has 1 aliphatic heterocycles. The predicted molar refractivity (Wildman–Crippen MR) is 155 cm³/mol. The highest BCUT2D eigenvalue weighted by molar-refractivity contribution is 5.82. The SMILES string of the molecule is CCCCCCC=CCCCCC(C)(C)C(=O)NCCCC(CNC(=O)C1OC(C)(C)OCC1(C)C)C(=O)O. The van der Waals surface area contributed by atoms with Gasteiger partial charge in [-0.25, -0.2) is 0 Å². The summed E-state index contributed by atoms with van der Waals surface area (Å²) < 4.78 is 11.5. The molecule has 1 rings (SSSR count). The zero-order valence-corrected chi connectivity index (χ0v) is 25.7. The maximum absolute atomic E-state index is 12.8. The van der Waals surface area contributed by atoms with E-state index in [1.165, 1.54) is 25.7 Å². The van der Waals surface area contributed by atoms with Gasteiger partial charge in [0.1, 0.15) is 6.10 Å². The Morgan fingerprint density at radius 3 is 2.23 bits per heavy atom. The second-order valence-electron chi connectivity index (χ2n) is 12.8. The molecule has 0 aliphatic carbocycles. The van der Waals surface area contributed by atoms with Crippen molar-refractivity contribution in [1.82, 2.24) is 10.6 Å². The maximum atomic E-state index is 12.8. The molecular weight excluding hydrogens is 496 g/mol. The standard InChI is InChI=1S/C31H56N2O6/c1-8-9-10-11-12-13-14-15-16-17-20-29(2,3)28(37)32-21-18-19-24(27(35)36)22-33-26(34)25-30(4,5)23-38-31(6,7)39-25/h13-14,24-25H,8-12,15-23H2,1-7H3,(H,32,37)(H,33,34)(H,35,36). The number of allylic oxidation sites excluding steroid dienone is 2. The van der Waals surface area contributed by atoms with E-state index in [4.69, 9.17) is 9.47 Å². The number of unbranched alkanes of at least 4 members (excludes halogenated alkanes) is 6. The normalized spacial score (nSPS) is 19.5. The molecule has 0 aromatic carbocycles. The van der Waals surface area contributed by atoms with E-state index in [0.717, 1.165) is 32.1 Å². The molecule has 39 heavy (non-hydrogen) atoms. The third kappa shape index (κ3) is 13.8. The fourth-order valence-corrected chi connectivity index (χ4v) is 4.61. The minimum absolute atomic E-state index is 0.00402. The van der Waals surface area contributed by atoms with Crippen molar-refractivity contribution >= 4 is 17.8 Å². The Balaban J connectivity index is 2.33. The first-order valence-corrected chi connectivity index (χ1v) is 15.0. The summed E-state index contributed by atoms with van der Waals surface area (Å²) in [7, 11) is 0. The Morgan fingerprint density at radius 2 is 1.62 bits per heavy atom. The molecule has 0 spiro atoms. The molecule has 8 heteroatoms. The summed E-state index contributed by atoms with van der Waals surface area (Å²) in [4.78, 5) is 37.3. The Morgan fingerprint density at radius 1 is 0.974 bits per heavy atom. The Hall–Kier alpha value is -1.93. The van der Waals surface area contributed by atoms with E-state index in [1.54, 1.807) is 13.8 Å². The Bertz CT molecular complexity index is 790. The largest absolute Gasteiger partial charge is 0.481 e.